The molecular formula is C15H17ClN4O2. The van der Waals surface area contributed by atoms with Crippen LogP contribution in [0.3, 0.4) is 0 Å². The molecule has 0 bridgehead atoms. The number of piperazine rings is 1. The summed E-state index contributed by atoms with van der Waals surface area (Å²) in [5, 5.41) is 4.53. The summed E-state index contributed by atoms with van der Waals surface area (Å²) >= 11 is 5.85. The van der Waals surface area contributed by atoms with Crippen molar-refractivity contribution in [2.75, 3.05) is 33.2 Å². The zero-order chi connectivity index (χ0) is 15.5. The molecule has 0 N–H and O–H groups in total. The van der Waals surface area contributed by atoms with Crippen molar-refractivity contribution in [1.29, 1.82) is 0 Å². The highest BCUT2D eigenvalue weighted by Gasteiger charge is 2.21. The van der Waals surface area contributed by atoms with Crippen LogP contribution >= 0.6 is 11.6 Å². The van der Waals surface area contributed by atoms with Crippen LogP contribution in [0.4, 0.5) is 0 Å². The number of carbonyl (C=O) groups excluding carboxylic acids is 1. The fraction of sp³-hybridized carbons (Fsp3) is 0.400. The van der Waals surface area contributed by atoms with E-state index in [-0.39, 0.29) is 12.3 Å². The first-order valence-electron chi connectivity index (χ1n) is 7.16. The van der Waals surface area contributed by atoms with Gasteiger partial charge in [0.05, 0.1) is 6.42 Å². The largest absolute Gasteiger partial charge is 0.340 e. The number of rotatable bonds is 3. The van der Waals surface area contributed by atoms with Crippen LogP contribution in [-0.4, -0.2) is 59.1 Å². The van der Waals surface area contributed by atoms with Gasteiger partial charge in [0.25, 0.3) is 5.89 Å². The number of aromatic nitrogens is 2. The molecule has 1 aliphatic rings. The SMILES string of the molecule is CN1CCN(C(=O)Cc2noc(-c3ccc(Cl)cc3)n2)CC1. The Hall–Kier alpha value is -1.92. The zero-order valence-electron chi connectivity index (χ0n) is 12.3. The van der Waals surface area contributed by atoms with Crippen molar-refractivity contribution in [3.8, 4) is 11.5 Å². The van der Waals surface area contributed by atoms with E-state index in [9.17, 15) is 4.79 Å². The van der Waals surface area contributed by atoms with Gasteiger partial charge in [0.1, 0.15) is 0 Å². The number of amides is 1. The average Bonchev–Trinajstić information content (AvgIpc) is 2.97. The van der Waals surface area contributed by atoms with E-state index < -0.39 is 0 Å². The number of hydrogen-bond donors (Lipinski definition) is 0. The molecule has 7 heteroatoms. The summed E-state index contributed by atoms with van der Waals surface area (Å²) in [6.07, 6.45) is 0.167. The molecular weight excluding hydrogens is 304 g/mol. The van der Waals surface area contributed by atoms with E-state index in [0.717, 1.165) is 31.7 Å². The summed E-state index contributed by atoms with van der Waals surface area (Å²) in [4.78, 5) is 20.6. The predicted molar refractivity (Wildman–Crippen MR) is 82.5 cm³/mol. The second-order valence-corrected chi connectivity index (χ2v) is 5.82. The van der Waals surface area contributed by atoms with Crippen molar-refractivity contribution >= 4 is 17.5 Å². The van der Waals surface area contributed by atoms with Crippen LogP contribution in [0.15, 0.2) is 28.8 Å². The van der Waals surface area contributed by atoms with Gasteiger partial charge in [0.15, 0.2) is 5.82 Å². The lowest BCUT2D eigenvalue weighted by Gasteiger charge is -2.32. The second kappa shape index (κ2) is 6.46. The molecule has 2 aromatic rings. The van der Waals surface area contributed by atoms with Gasteiger partial charge < -0.3 is 14.3 Å². The summed E-state index contributed by atoms with van der Waals surface area (Å²) in [5.74, 6) is 0.850. The van der Waals surface area contributed by atoms with E-state index in [1.165, 1.54) is 0 Å². The first-order valence-corrected chi connectivity index (χ1v) is 7.54. The van der Waals surface area contributed by atoms with Gasteiger partial charge in [-0.2, -0.15) is 4.98 Å². The molecule has 1 aliphatic heterocycles. The molecule has 22 heavy (non-hydrogen) atoms. The van der Waals surface area contributed by atoms with E-state index in [4.69, 9.17) is 16.1 Å². The monoisotopic (exact) mass is 320 g/mol. The molecule has 0 atom stereocenters. The normalized spacial score (nSPS) is 16.0. The third-order valence-corrected chi connectivity index (χ3v) is 3.98. The van der Waals surface area contributed by atoms with E-state index in [1.54, 1.807) is 12.1 Å². The van der Waals surface area contributed by atoms with Crippen LogP contribution in [0.5, 0.6) is 0 Å². The highest BCUT2D eigenvalue weighted by molar-refractivity contribution is 6.30. The molecule has 1 aromatic heterocycles. The van der Waals surface area contributed by atoms with Gasteiger partial charge in [-0.15, -0.1) is 0 Å². The summed E-state index contributed by atoms with van der Waals surface area (Å²) < 4.78 is 5.21. The maximum atomic E-state index is 12.2. The van der Waals surface area contributed by atoms with Gasteiger partial charge in [-0.3, -0.25) is 4.79 Å². The Labute approximate surface area is 133 Å². The van der Waals surface area contributed by atoms with Crippen LogP contribution in [0, 0.1) is 0 Å². The molecule has 1 saturated heterocycles. The van der Waals surface area contributed by atoms with Gasteiger partial charge in [-0.25, -0.2) is 0 Å². The fourth-order valence-electron chi connectivity index (χ4n) is 2.34. The van der Waals surface area contributed by atoms with E-state index in [0.29, 0.717) is 16.7 Å². The number of benzene rings is 1. The zero-order valence-corrected chi connectivity index (χ0v) is 13.1. The topological polar surface area (TPSA) is 62.5 Å². The van der Waals surface area contributed by atoms with Crippen LogP contribution in [-0.2, 0) is 11.2 Å². The van der Waals surface area contributed by atoms with E-state index in [1.807, 2.05) is 17.0 Å². The quantitative estimate of drug-likeness (QED) is 0.861. The Balaban J connectivity index is 1.64. The Bertz CT molecular complexity index is 648. The molecule has 3 rings (SSSR count). The first-order chi connectivity index (χ1) is 10.6. The molecule has 0 unspecified atom stereocenters. The van der Waals surface area contributed by atoms with Gasteiger partial charge >= 0.3 is 0 Å². The molecule has 2 heterocycles. The Morgan fingerprint density at radius 2 is 1.91 bits per heavy atom. The summed E-state index contributed by atoms with van der Waals surface area (Å²) in [6, 6.07) is 7.14. The minimum absolute atomic E-state index is 0.0385. The van der Waals surface area contributed by atoms with Crippen molar-refractivity contribution in [2.45, 2.75) is 6.42 Å². The van der Waals surface area contributed by atoms with Crippen LogP contribution in [0.1, 0.15) is 5.82 Å². The molecule has 0 saturated carbocycles. The van der Waals surface area contributed by atoms with Crippen LogP contribution in [0.2, 0.25) is 5.02 Å². The third-order valence-electron chi connectivity index (χ3n) is 3.72. The highest BCUT2D eigenvalue weighted by atomic mass is 35.5. The lowest BCUT2D eigenvalue weighted by atomic mass is 10.2. The molecule has 1 fully saturated rings. The maximum absolute atomic E-state index is 12.2. The number of halogens is 1. The van der Waals surface area contributed by atoms with Gasteiger partial charge in [0.2, 0.25) is 5.91 Å². The highest BCUT2D eigenvalue weighted by Crippen LogP contribution is 2.19. The summed E-state index contributed by atoms with van der Waals surface area (Å²) in [7, 11) is 2.05. The Morgan fingerprint density at radius 3 is 2.59 bits per heavy atom. The standard InChI is InChI=1S/C15H17ClN4O2/c1-19-6-8-20(9-7-19)14(21)10-13-17-15(22-18-13)11-2-4-12(16)5-3-11/h2-5H,6-10H2,1H3. The average molecular weight is 321 g/mol. The lowest BCUT2D eigenvalue weighted by Crippen LogP contribution is -2.47. The molecule has 0 spiro atoms. The van der Waals surface area contributed by atoms with Crippen LogP contribution < -0.4 is 0 Å². The Morgan fingerprint density at radius 1 is 1.23 bits per heavy atom. The third kappa shape index (κ3) is 3.45. The predicted octanol–water partition coefficient (Wildman–Crippen LogP) is 1.71. The minimum atomic E-state index is 0.0385. The van der Waals surface area contributed by atoms with Gasteiger partial charge in [-0.05, 0) is 31.3 Å². The molecule has 116 valence electrons. The smallest absolute Gasteiger partial charge is 0.257 e. The van der Waals surface area contributed by atoms with Crippen molar-refractivity contribution in [3.05, 3.63) is 35.1 Å². The molecule has 0 aliphatic carbocycles. The minimum Gasteiger partial charge on any atom is -0.340 e. The van der Waals surface area contributed by atoms with Crippen molar-refractivity contribution < 1.29 is 9.32 Å². The van der Waals surface area contributed by atoms with Gasteiger partial charge in [0, 0.05) is 36.8 Å². The second-order valence-electron chi connectivity index (χ2n) is 5.38. The molecule has 6 nitrogen and oxygen atoms in total. The fourth-order valence-corrected chi connectivity index (χ4v) is 2.46. The molecule has 1 aromatic carbocycles. The van der Waals surface area contributed by atoms with E-state index in [2.05, 4.69) is 22.1 Å². The van der Waals surface area contributed by atoms with Crippen molar-refractivity contribution in [1.82, 2.24) is 19.9 Å². The molecule has 0 radical (unpaired) electrons. The maximum Gasteiger partial charge on any atom is 0.257 e. The van der Waals surface area contributed by atoms with Gasteiger partial charge in [-0.1, -0.05) is 16.8 Å². The Kier molecular flexibility index (Phi) is 4.40. The summed E-state index contributed by atoms with van der Waals surface area (Å²) in [6.45, 7) is 3.29. The number of likely N-dealkylation sites (N-methyl/N-ethyl adjacent to an activating group) is 1. The number of nitrogens with zero attached hydrogens (tertiary/aromatic N) is 4. The molecule has 1 amide bonds. The number of carbonyl (C=O) groups is 1. The summed E-state index contributed by atoms with van der Waals surface area (Å²) in [5.41, 5.74) is 0.787. The first kappa shape index (κ1) is 15.0. The van der Waals surface area contributed by atoms with Crippen molar-refractivity contribution in [3.63, 3.8) is 0 Å². The van der Waals surface area contributed by atoms with Crippen LogP contribution in [0.25, 0.3) is 11.5 Å². The van der Waals surface area contributed by atoms with E-state index >= 15 is 0 Å². The van der Waals surface area contributed by atoms with Crippen molar-refractivity contribution in [2.24, 2.45) is 0 Å². The number of hydrogen-bond acceptors (Lipinski definition) is 5. The lowest BCUT2D eigenvalue weighted by molar-refractivity contribution is -0.132.